The maximum Gasteiger partial charge on any atom is 0.163 e. The fourth-order valence-electron chi connectivity index (χ4n) is 1.31. The van der Waals surface area contributed by atoms with Crippen molar-refractivity contribution in [2.75, 3.05) is 19.7 Å². The molecule has 5 heteroatoms. The standard InChI is InChI=1S/C7H12N4O/c1-11-5-9-10-7(11)6-4-8-2-3-12-6/h5-6,8H,2-4H2,1H3/t6-/m0/s1. The summed E-state index contributed by atoms with van der Waals surface area (Å²) in [5.74, 6) is 0.891. The minimum atomic E-state index is 0.0613. The molecular formula is C7H12N4O. The van der Waals surface area contributed by atoms with Gasteiger partial charge in [0.15, 0.2) is 5.82 Å². The number of hydrogen-bond donors (Lipinski definition) is 1. The van der Waals surface area contributed by atoms with Gasteiger partial charge in [-0.2, -0.15) is 0 Å². The average Bonchev–Trinajstić information content (AvgIpc) is 2.53. The van der Waals surface area contributed by atoms with E-state index in [0.717, 1.165) is 25.5 Å². The molecule has 0 unspecified atom stereocenters. The number of nitrogens with zero attached hydrogens (tertiary/aromatic N) is 3. The van der Waals surface area contributed by atoms with Crippen molar-refractivity contribution < 1.29 is 4.74 Å². The Bertz CT molecular complexity index is 254. The van der Waals surface area contributed by atoms with Crippen molar-refractivity contribution in [1.82, 2.24) is 20.1 Å². The van der Waals surface area contributed by atoms with Crippen molar-refractivity contribution in [1.29, 1.82) is 0 Å². The lowest BCUT2D eigenvalue weighted by molar-refractivity contribution is 0.0203. The number of aromatic nitrogens is 3. The number of nitrogens with one attached hydrogen (secondary N) is 1. The second-order valence-corrected chi connectivity index (χ2v) is 2.86. The van der Waals surface area contributed by atoms with E-state index in [9.17, 15) is 0 Å². The van der Waals surface area contributed by atoms with Crippen LogP contribution in [0.15, 0.2) is 6.33 Å². The molecule has 2 heterocycles. The molecule has 0 aromatic carbocycles. The van der Waals surface area contributed by atoms with Crippen LogP contribution < -0.4 is 5.32 Å². The normalized spacial score (nSPS) is 24.2. The smallest absolute Gasteiger partial charge is 0.163 e. The van der Waals surface area contributed by atoms with Crippen molar-refractivity contribution in [2.45, 2.75) is 6.10 Å². The minimum Gasteiger partial charge on any atom is -0.368 e. The van der Waals surface area contributed by atoms with Crippen LogP contribution in [0.25, 0.3) is 0 Å². The molecule has 12 heavy (non-hydrogen) atoms. The van der Waals surface area contributed by atoms with Gasteiger partial charge in [-0.25, -0.2) is 0 Å². The van der Waals surface area contributed by atoms with Crippen LogP contribution in [0.5, 0.6) is 0 Å². The van der Waals surface area contributed by atoms with E-state index in [1.165, 1.54) is 0 Å². The van der Waals surface area contributed by atoms with Crippen LogP contribution in [-0.2, 0) is 11.8 Å². The van der Waals surface area contributed by atoms with Gasteiger partial charge in [-0.1, -0.05) is 0 Å². The molecule has 0 saturated carbocycles. The molecule has 0 bridgehead atoms. The lowest BCUT2D eigenvalue weighted by Gasteiger charge is -2.22. The molecule has 1 saturated heterocycles. The highest BCUT2D eigenvalue weighted by atomic mass is 16.5. The van der Waals surface area contributed by atoms with Crippen LogP contribution in [0.2, 0.25) is 0 Å². The monoisotopic (exact) mass is 168 g/mol. The maximum atomic E-state index is 5.52. The summed E-state index contributed by atoms with van der Waals surface area (Å²) in [6.07, 6.45) is 1.75. The Morgan fingerprint density at radius 3 is 3.25 bits per heavy atom. The highest BCUT2D eigenvalue weighted by Crippen LogP contribution is 2.14. The van der Waals surface area contributed by atoms with Crippen LogP contribution >= 0.6 is 0 Å². The Balaban J connectivity index is 2.13. The number of ether oxygens (including phenoxy) is 1. The van der Waals surface area contributed by atoms with E-state index in [2.05, 4.69) is 15.5 Å². The van der Waals surface area contributed by atoms with Crippen molar-refractivity contribution in [2.24, 2.45) is 7.05 Å². The average molecular weight is 168 g/mol. The molecule has 1 aromatic rings. The topological polar surface area (TPSA) is 52.0 Å². The first-order valence-electron chi connectivity index (χ1n) is 4.04. The van der Waals surface area contributed by atoms with Crippen LogP contribution in [0.1, 0.15) is 11.9 Å². The first kappa shape index (κ1) is 7.70. The van der Waals surface area contributed by atoms with Crippen LogP contribution in [0.3, 0.4) is 0 Å². The van der Waals surface area contributed by atoms with Gasteiger partial charge < -0.3 is 14.6 Å². The van der Waals surface area contributed by atoms with Gasteiger partial charge in [0.2, 0.25) is 0 Å². The Morgan fingerprint density at radius 2 is 2.67 bits per heavy atom. The molecule has 0 amide bonds. The molecule has 2 rings (SSSR count). The summed E-state index contributed by atoms with van der Waals surface area (Å²) < 4.78 is 7.40. The molecule has 1 aliphatic rings. The first-order valence-corrected chi connectivity index (χ1v) is 4.04. The summed E-state index contributed by atoms with van der Waals surface area (Å²) in [7, 11) is 1.92. The third-order valence-corrected chi connectivity index (χ3v) is 1.96. The summed E-state index contributed by atoms with van der Waals surface area (Å²) in [4.78, 5) is 0. The first-order chi connectivity index (χ1) is 5.88. The van der Waals surface area contributed by atoms with E-state index in [4.69, 9.17) is 4.74 Å². The van der Waals surface area contributed by atoms with Gasteiger partial charge in [0.25, 0.3) is 0 Å². The highest BCUT2D eigenvalue weighted by Gasteiger charge is 2.19. The minimum absolute atomic E-state index is 0.0613. The predicted octanol–water partition coefficient (Wildman–Crippen LogP) is -0.524. The summed E-state index contributed by atoms with van der Waals surface area (Å²) in [5, 5.41) is 11.0. The predicted molar refractivity (Wildman–Crippen MR) is 42.6 cm³/mol. The van der Waals surface area contributed by atoms with E-state index >= 15 is 0 Å². The third-order valence-electron chi connectivity index (χ3n) is 1.96. The lowest BCUT2D eigenvalue weighted by Crippen LogP contribution is -2.34. The zero-order chi connectivity index (χ0) is 8.39. The molecule has 1 aromatic heterocycles. The molecule has 5 nitrogen and oxygen atoms in total. The fraction of sp³-hybridized carbons (Fsp3) is 0.714. The van der Waals surface area contributed by atoms with E-state index in [1.54, 1.807) is 6.33 Å². The number of aryl methyl sites for hydroxylation is 1. The summed E-state index contributed by atoms with van der Waals surface area (Å²) in [6, 6.07) is 0. The van der Waals surface area contributed by atoms with Crippen molar-refractivity contribution in [3.63, 3.8) is 0 Å². The molecule has 0 aliphatic carbocycles. The van der Waals surface area contributed by atoms with Crippen LogP contribution in [0, 0.1) is 0 Å². The lowest BCUT2D eigenvalue weighted by atomic mass is 10.3. The molecule has 0 spiro atoms. The van der Waals surface area contributed by atoms with Crippen molar-refractivity contribution in [3.8, 4) is 0 Å². The highest BCUT2D eigenvalue weighted by molar-refractivity contribution is 4.93. The van der Waals surface area contributed by atoms with Crippen molar-refractivity contribution >= 4 is 0 Å². The zero-order valence-corrected chi connectivity index (χ0v) is 7.03. The Kier molecular flexibility index (Phi) is 2.05. The van der Waals surface area contributed by atoms with Gasteiger partial charge in [0, 0.05) is 20.1 Å². The second kappa shape index (κ2) is 3.20. The summed E-state index contributed by atoms with van der Waals surface area (Å²) in [6.45, 7) is 2.50. The Hall–Kier alpha value is -0.940. The largest absolute Gasteiger partial charge is 0.368 e. The molecule has 66 valence electrons. The maximum absolute atomic E-state index is 5.52. The molecule has 1 aliphatic heterocycles. The zero-order valence-electron chi connectivity index (χ0n) is 7.03. The van der Waals surface area contributed by atoms with E-state index in [0.29, 0.717) is 0 Å². The van der Waals surface area contributed by atoms with E-state index < -0.39 is 0 Å². The SMILES string of the molecule is Cn1cnnc1[C@@H]1CNCCO1. The van der Waals surface area contributed by atoms with Crippen molar-refractivity contribution in [3.05, 3.63) is 12.2 Å². The molecular weight excluding hydrogens is 156 g/mol. The number of morpholine rings is 1. The van der Waals surface area contributed by atoms with Gasteiger partial charge in [0.05, 0.1) is 6.61 Å². The van der Waals surface area contributed by atoms with Gasteiger partial charge >= 0.3 is 0 Å². The third kappa shape index (κ3) is 1.33. The summed E-state index contributed by atoms with van der Waals surface area (Å²) >= 11 is 0. The molecule has 1 N–H and O–H groups in total. The number of rotatable bonds is 1. The fourth-order valence-corrected chi connectivity index (χ4v) is 1.31. The molecule has 1 fully saturated rings. The number of hydrogen-bond acceptors (Lipinski definition) is 4. The van der Waals surface area contributed by atoms with Gasteiger partial charge in [-0.15, -0.1) is 10.2 Å². The van der Waals surface area contributed by atoms with Gasteiger partial charge in [0.1, 0.15) is 12.4 Å². The van der Waals surface area contributed by atoms with Gasteiger partial charge in [-0.05, 0) is 0 Å². The molecule has 1 atom stereocenters. The second-order valence-electron chi connectivity index (χ2n) is 2.86. The molecule has 0 radical (unpaired) electrons. The quantitative estimate of drug-likeness (QED) is 0.613. The summed E-state index contributed by atoms with van der Waals surface area (Å²) in [5.41, 5.74) is 0. The van der Waals surface area contributed by atoms with Gasteiger partial charge in [-0.3, -0.25) is 0 Å². The van der Waals surface area contributed by atoms with Crippen LogP contribution in [-0.4, -0.2) is 34.5 Å². The Labute approximate surface area is 70.7 Å². The van der Waals surface area contributed by atoms with E-state index in [-0.39, 0.29) is 6.10 Å². The van der Waals surface area contributed by atoms with E-state index in [1.807, 2.05) is 11.6 Å². The van der Waals surface area contributed by atoms with Crippen LogP contribution in [0.4, 0.5) is 0 Å². The Morgan fingerprint density at radius 1 is 1.75 bits per heavy atom.